The number of ether oxygens (including phenoxy) is 5. The third-order valence-electron chi connectivity index (χ3n) is 5.87. The van der Waals surface area contributed by atoms with Crippen molar-refractivity contribution in [3.63, 3.8) is 0 Å². The van der Waals surface area contributed by atoms with Gasteiger partial charge in [0.1, 0.15) is 36.1 Å². The van der Waals surface area contributed by atoms with E-state index in [1.165, 1.54) is 0 Å². The maximum atomic E-state index is 13.5. The minimum atomic E-state index is -0.455. The molecule has 0 fully saturated rings. The summed E-state index contributed by atoms with van der Waals surface area (Å²) in [5.74, 6) is 2.68. The lowest BCUT2D eigenvalue weighted by atomic mass is 9.81. The summed E-state index contributed by atoms with van der Waals surface area (Å²) in [5, 5.41) is 0. The Labute approximate surface area is 169 Å². The lowest BCUT2D eigenvalue weighted by Gasteiger charge is -2.37. The molecule has 3 heterocycles. The normalized spacial score (nSPS) is 23.4. The number of ketones is 1. The molecule has 0 saturated carbocycles. The monoisotopic (exact) mass is 394 g/mol. The molecule has 1 unspecified atom stereocenters. The van der Waals surface area contributed by atoms with E-state index in [1.807, 2.05) is 19.1 Å². The Hall–Kier alpha value is -3.15. The third-order valence-corrected chi connectivity index (χ3v) is 5.87. The molecule has 0 N–H and O–H groups in total. The number of carbonyl (C=O) groups is 1. The van der Waals surface area contributed by atoms with E-state index in [2.05, 4.69) is 6.58 Å². The van der Waals surface area contributed by atoms with Gasteiger partial charge in [0, 0.05) is 23.6 Å². The molecule has 0 aromatic heterocycles. The number of hydrogen-bond acceptors (Lipinski definition) is 6. The van der Waals surface area contributed by atoms with Crippen LogP contribution in [0.15, 0.2) is 36.4 Å². The summed E-state index contributed by atoms with van der Waals surface area (Å²) in [6.45, 7) is 6.22. The summed E-state index contributed by atoms with van der Waals surface area (Å²) in [4.78, 5) is 13.5. The van der Waals surface area contributed by atoms with Crippen molar-refractivity contribution < 1.29 is 28.5 Å². The largest absolute Gasteiger partial charge is 0.493 e. The van der Waals surface area contributed by atoms with Gasteiger partial charge in [0.15, 0.2) is 17.3 Å². The number of methoxy groups -OCH3 is 2. The smallest absolute Gasteiger partial charge is 0.178 e. The molecule has 0 amide bonds. The molecular weight excluding hydrogens is 372 g/mol. The zero-order valence-corrected chi connectivity index (χ0v) is 16.6. The van der Waals surface area contributed by atoms with Crippen LogP contribution in [0.5, 0.6) is 28.7 Å². The molecule has 5 rings (SSSR count). The van der Waals surface area contributed by atoms with Crippen molar-refractivity contribution in [3.8, 4) is 28.7 Å². The van der Waals surface area contributed by atoms with E-state index in [-0.39, 0.29) is 18.5 Å². The third kappa shape index (κ3) is 2.58. The predicted molar refractivity (Wildman–Crippen MR) is 106 cm³/mol. The lowest BCUT2D eigenvalue weighted by molar-refractivity contribution is 0.0554. The van der Waals surface area contributed by atoms with Crippen LogP contribution in [0.1, 0.15) is 34.3 Å². The van der Waals surface area contributed by atoms with Gasteiger partial charge >= 0.3 is 0 Å². The molecule has 0 spiro atoms. The Kier molecular flexibility index (Phi) is 3.98. The highest BCUT2D eigenvalue weighted by atomic mass is 16.5. The Morgan fingerprint density at radius 3 is 2.59 bits per heavy atom. The molecule has 2 aromatic rings. The van der Waals surface area contributed by atoms with Crippen LogP contribution < -0.4 is 23.7 Å². The fourth-order valence-electron chi connectivity index (χ4n) is 4.34. The molecule has 6 nitrogen and oxygen atoms in total. The molecular formula is C23H22O6. The molecule has 6 heteroatoms. The highest BCUT2D eigenvalue weighted by molar-refractivity contribution is 6.06. The van der Waals surface area contributed by atoms with Gasteiger partial charge in [-0.1, -0.05) is 6.58 Å². The molecule has 0 radical (unpaired) electrons. The first kappa shape index (κ1) is 17.9. The average Bonchev–Trinajstić information content (AvgIpc) is 3.17. The number of hydrogen-bond donors (Lipinski definition) is 0. The standard InChI is InChI=1S/C23H22O6/c1-11(2)16-8-14-15(28-16)6-5-12-22(24)21-13-7-18(25-3)19(26-4)9-17(13)27-10-20(21)29-23(12)14/h5-7,9,16,20-21H,1,8,10H2,2-4H3/t16?,20-,21-/m1/s1. The van der Waals surface area contributed by atoms with Gasteiger partial charge in [0.05, 0.1) is 25.7 Å². The van der Waals surface area contributed by atoms with Gasteiger partial charge in [-0.05, 0) is 30.7 Å². The summed E-state index contributed by atoms with van der Waals surface area (Å²) in [6, 6.07) is 7.23. The van der Waals surface area contributed by atoms with E-state index >= 15 is 0 Å². The summed E-state index contributed by atoms with van der Waals surface area (Å²) in [7, 11) is 3.14. The molecule has 0 aliphatic carbocycles. The number of fused-ring (bicyclic) bond motifs is 6. The Morgan fingerprint density at radius 1 is 1.10 bits per heavy atom. The van der Waals surface area contributed by atoms with Crippen molar-refractivity contribution >= 4 is 5.78 Å². The SMILES string of the molecule is C=C(C)C1Cc2c(ccc3c2O[C@@H]2COc4cc(OC)c(OC)cc4[C@H]2C3=O)O1. The van der Waals surface area contributed by atoms with Crippen LogP contribution >= 0.6 is 0 Å². The first-order chi connectivity index (χ1) is 14.0. The van der Waals surface area contributed by atoms with Crippen LogP contribution in [0.2, 0.25) is 0 Å². The van der Waals surface area contributed by atoms with Crippen LogP contribution in [0, 0.1) is 0 Å². The summed E-state index contributed by atoms with van der Waals surface area (Å²) < 4.78 is 29.0. The van der Waals surface area contributed by atoms with Crippen molar-refractivity contribution in [2.45, 2.75) is 31.5 Å². The first-order valence-corrected chi connectivity index (χ1v) is 9.59. The zero-order chi connectivity index (χ0) is 20.3. The van der Waals surface area contributed by atoms with Crippen molar-refractivity contribution in [1.82, 2.24) is 0 Å². The van der Waals surface area contributed by atoms with Gasteiger partial charge in [-0.2, -0.15) is 0 Å². The number of carbonyl (C=O) groups excluding carboxylic acids is 1. The van der Waals surface area contributed by atoms with E-state index in [1.54, 1.807) is 26.4 Å². The van der Waals surface area contributed by atoms with Gasteiger partial charge in [0.25, 0.3) is 0 Å². The summed E-state index contributed by atoms with van der Waals surface area (Å²) in [6.07, 6.45) is 0.157. The molecule has 3 aliphatic rings. The van der Waals surface area contributed by atoms with Gasteiger partial charge in [-0.3, -0.25) is 4.79 Å². The van der Waals surface area contributed by atoms with Gasteiger partial charge in [-0.15, -0.1) is 0 Å². The minimum absolute atomic E-state index is 0.0228. The van der Waals surface area contributed by atoms with Gasteiger partial charge in [0.2, 0.25) is 0 Å². The molecule has 29 heavy (non-hydrogen) atoms. The van der Waals surface area contributed by atoms with Crippen LogP contribution in [-0.4, -0.2) is 38.8 Å². The Morgan fingerprint density at radius 2 is 1.86 bits per heavy atom. The first-order valence-electron chi connectivity index (χ1n) is 9.59. The number of Topliss-reactive ketones (excluding diaryl/α,β-unsaturated/α-hetero) is 1. The van der Waals surface area contributed by atoms with E-state index in [9.17, 15) is 4.79 Å². The summed E-state index contributed by atoms with van der Waals surface area (Å²) in [5.41, 5.74) is 3.22. The second-order valence-electron chi connectivity index (χ2n) is 7.63. The Balaban J connectivity index is 1.58. The van der Waals surface area contributed by atoms with Crippen molar-refractivity contribution in [3.05, 3.63) is 53.1 Å². The summed E-state index contributed by atoms with van der Waals surface area (Å²) >= 11 is 0. The maximum absolute atomic E-state index is 13.5. The molecule has 150 valence electrons. The topological polar surface area (TPSA) is 63.2 Å². The quantitative estimate of drug-likeness (QED) is 0.740. The fourth-order valence-corrected chi connectivity index (χ4v) is 4.34. The molecule has 2 aromatic carbocycles. The van der Waals surface area contributed by atoms with E-state index < -0.39 is 12.0 Å². The lowest BCUT2D eigenvalue weighted by Crippen LogP contribution is -2.43. The number of rotatable bonds is 3. The Bertz CT molecular complexity index is 1040. The highest BCUT2D eigenvalue weighted by Gasteiger charge is 2.45. The predicted octanol–water partition coefficient (Wildman–Crippen LogP) is 3.70. The molecule has 3 aliphatic heterocycles. The van der Waals surface area contributed by atoms with Gasteiger partial charge < -0.3 is 23.7 Å². The van der Waals surface area contributed by atoms with E-state index in [0.29, 0.717) is 35.0 Å². The fraction of sp³-hybridized carbons (Fsp3) is 0.348. The van der Waals surface area contributed by atoms with Crippen LogP contribution in [0.3, 0.4) is 0 Å². The second kappa shape index (κ2) is 6.44. The maximum Gasteiger partial charge on any atom is 0.178 e. The van der Waals surface area contributed by atoms with Crippen molar-refractivity contribution in [1.29, 1.82) is 0 Å². The molecule has 0 saturated heterocycles. The van der Waals surface area contributed by atoms with E-state index in [4.69, 9.17) is 23.7 Å². The van der Waals surface area contributed by atoms with Gasteiger partial charge in [-0.25, -0.2) is 0 Å². The van der Waals surface area contributed by atoms with E-state index in [0.717, 1.165) is 22.4 Å². The van der Waals surface area contributed by atoms with Crippen LogP contribution in [-0.2, 0) is 6.42 Å². The average molecular weight is 394 g/mol. The molecule has 3 atom stereocenters. The molecule has 0 bridgehead atoms. The van der Waals surface area contributed by atoms with Crippen molar-refractivity contribution in [2.24, 2.45) is 0 Å². The highest BCUT2D eigenvalue weighted by Crippen LogP contribution is 2.49. The van der Waals surface area contributed by atoms with Crippen molar-refractivity contribution in [2.75, 3.05) is 20.8 Å². The van der Waals surface area contributed by atoms with Crippen LogP contribution in [0.4, 0.5) is 0 Å². The second-order valence-corrected chi connectivity index (χ2v) is 7.63. The minimum Gasteiger partial charge on any atom is -0.493 e. The zero-order valence-electron chi connectivity index (χ0n) is 16.6. The number of benzene rings is 2. The van der Waals surface area contributed by atoms with Crippen LogP contribution in [0.25, 0.3) is 0 Å².